The highest BCUT2D eigenvalue weighted by atomic mass is 19.4. The molecule has 2 aromatic rings. The minimum absolute atomic E-state index is 0.0381. The van der Waals surface area contributed by atoms with E-state index in [9.17, 15) is 37.1 Å². The van der Waals surface area contributed by atoms with E-state index in [1.165, 1.54) is 23.6 Å². The first-order valence-electron chi connectivity index (χ1n) is 10.3. The second-order valence-corrected chi connectivity index (χ2v) is 8.52. The van der Waals surface area contributed by atoms with Gasteiger partial charge in [-0.15, -0.1) is 0 Å². The summed E-state index contributed by atoms with van der Waals surface area (Å²) in [4.78, 5) is 39.5. The molecule has 2 atom stereocenters. The monoisotopic (exact) mass is 483 g/mol. The molecule has 1 spiro atoms. The van der Waals surface area contributed by atoms with E-state index in [0.717, 1.165) is 18.3 Å². The topological polar surface area (TPSA) is 101 Å². The Morgan fingerprint density at radius 1 is 1.32 bits per heavy atom. The first-order chi connectivity index (χ1) is 15.9. The van der Waals surface area contributed by atoms with Crippen LogP contribution in [0.2, 0.25) is 0 Å². The van der Waals surface area contributed by atoms with Gasteiger partial charge in [0, 0.05) is 44.9 Å². The summed E-state index contributed by atoms with van der Waals surface area (Å²) in [6.45, 7) is -0.00790. The van der Waals surface area contributed by atoms with Crippen molar-refractivity contribution in [2.75, 3.05) is 27.3 Å². The number of amides is 2. The van der Waals surface area contributed by atoms with E-state index < -0.39 is 63.8 Å². The Bertz CT molecular complexity index is 1240. The number of nitrogens with zero attached hydrogens (tertiary/aromatic N) is 2. The van der Waals surface area contributed by atoms with Crippen molar-refractivity contribution in [2.45, 2.75) is 24.7 Å². The Labute approximate surface area is 190 Å². The summed E-state index contributed by atoms with van der Waals surface area (Å²) in [5, 5.41) is 12.7. The highest BCUT2D eigenvalue weighted by molar-refractivity contribution is 5.99. The van der Waals surface area contributed by atoms with Crippen LogP contribution in [0.4, 0.5) is 17.6 Å². The van der Waals surface area contributed by atoms with Crippen molar-refractivity contribution in [3.8, 4) is 5.75 Å². The molecule has 2 heterocycles. The second-order valence-electron chi connectivity index (χ2n) is 8.52. The third kappa shape index (κ3) is 3.71. The van der Waals surface area contributed by atoms with Crippen LogP contribution >= 0.6 is 0 Å². The zero-order valence-electron chi connectivity index (χ0n) is 18.2. The number of benzene rings is 1. The molecular weight excluding hydrogens is 462 g/mol. The van der Waals surface area contributed by atoms with E-state index in [-0.39, 0.29) is 18.2 Å². The molecule has 2 amide bonds. The molecule has 12 heteroatoms. The van der Waals surface area contributed by atoms with Crippen LogP contribution < -0.4 is 10.7 Å². The molecule has 1 fully saturated rings. The number of halogens is 4. The highest BCUT2D eigenvalue weighted by Crippen LogP contribution is 2.53. The van der Waals surface area contributed by atoms with Gasteiger partial charge in [0.05, 0.1) is 17.7 Å². The van der Waals surface area contributed by atoms with Gasteiger partial charge in [-0.05, 0) is 12.5 Å². The number of alkyl halides is 3. The number of carbonyl (C=O) groups is 2. The van der Waals surface area contributed by atoms with Gasteiger partial charge in [-0.2, -0.15) is 13.2 Å². The maximum absolute atomic E-state index is 14.3. The van der Waals surface area contributed by atoms with Crippen LogP contribution in [0.25, 0.3) is 0 Å². The first-order valence-corrected chi connectivity index (χ1v) is 10.3. The lowest BCUT2D eigenvalue weighted by atomic mass is 10.0. The molecule has 4 rings (SSSR count). The van der Waals surface area contributed by atoms with Crippen LogP contribution in [0.15, 0.2) is 29.2 Å². The molecule has 1 aromatic heterocycles. The molecule has 1 saturated carbocycles. The molecule has 0 saturated heterocycles. The van der Waals surface area contributed by atoms with Gasteiger partial charge in [0.2, 0.25) is 5.43 Å². The quantitative estimate of drug-likeness (QED) is 0.635. The van der Waals surface area contributed by atoms with E-state index >= 15 is 0 Å². The number of hydrogen-bond acceptors (Lipinski definition) is 5. The van der Waals surface area contributed by atoms with Crippen molar-refractivity contribution < 1.29 is 37.0 Å². The smallest absolute Gasteiger partial charge is 0.419 e. The Hall–Kier alpha value is -3.41. The van der Waals surface area contributed by atoms with Gasteiger partial charge >= 0.3 is 6.18 Å². The minimum Gasteiger partial charge on any atom is -0.503 e. The van der Waals surface area contributed by atoms with Crippen LogP contribution in [-0.4, -0.2) is 53.7 Å². The van der Waals surface area contributed by atoms with E-state index in [2.05, 4.69) is 5.32 Å². The summed E-state index contributed by atoms with van der Waals surface area (Å²) in [7, 11) is 3.04. The van der Waals surface area contributed by atoms with E-state index in [4.69, 9.17) is 4.74 Å². The highest BCUT2D eigenvalue weighted by Gasteiger charge is 2.60. The SMILES string of the molecule is COC[C@H]1C[C@@]12CN(C)C(=O)c1c(O)c(=O)c(C(=O)NCc3cccc(C(F)(F)F)c3F)cn12. The number of fused-ring (bicyclic) bond motifs is 2. The van der Waals surface area contributed by atoms with Gasteiger partial charge in [-0.25, -0.2) is 4.39 Å². The minimum atomic E-state index is -4.91. The number of pyridine rings is 1. The molecule has 0 bridgehead atoms. The van der Waals surface area contributed by atoms with Gasteiger partial charge in [-0.3, -0.25) is 14.4 Å². The summed E-state index contributed by atoms with van der Waals surface area (Å²) in [6, 6.07) is 2.65. The third-order valence-electron chi connectivity index (χ3n) is 6.36. The van der Waals surface area contributed by atoms with Crippen LogP contribution in [0, 0.1) is 11.7 Å². The molecule has 0 radical (unpaired) electrons. The summed E-state index contributed by atoms with van der Waals surface area (Å²) in [6.07, 6.45) is -3.18. The van der Waals surface area contributed by atoms with Crippen LogP contribution in [0.1, 0.15) is 38.4 Å². The van der Waals surface area contributed by atoms with E-state index in [0.29, 0.717) is 19.1 Å². The van der Waals surface area contributed by atoms with Crippen LogP contribution in [-0.2, 0) is 23.0 Å². The number of aromatic hydroxyl groups is 1. The van der Waals surface area contributed by atoms with Gasteiger partial charge in [0.25, 0.3) is 11.8 Å². The lowest BCUT2D eigenvalue weighted by Crippen LogP contribution is -2.48. The fourth-order valence-corrected chi connectivity index (χ4v) is 4.54. The lowest BCUT2D eigenvalue weighted by Gasteiger charge is -2.35. The molecule has 1 aliphatic carbocycles. The number of methoxy groups -OCH3 is 1. The van der Waals surface area contributed by atoms with Crippen molar-refractivity contribution in [3.05, 3.63) is 62.8 Å². The van der Waals surface area contributed by atoms with Crippen molar-refractivity contribution in [1.82, 2.24) is 14.8 Å². The maximum Gasteiger partial charge on any atom is 0.419 e. The Kier molecular flexibility index (Phi) is 5.67. The van der Waals surface area contributed by atoms with Gasteiger partial charge in [0.1, 0.15) is 11.4 Å². The molecule has 1 aliphatic heterocycles. The predicted octanol–water partition coefficient (Wildman–Crippen LogP) is 2.09. The number of hydrogen-bond donors (Lipinski definition) is 2. The molecule has 1 aromatic carbocycles. The zero-order chi connectivity index (χ0) is 25.0. The van der Waals surface area contributed by atoms with Gasteiger partial charge < -0.3 is 24.6 Å². The van der Waals surface area contributed by atoms with Crippen LogP contribution in [0.3, 0.4) is 0 Å². The van der Waals surface area contributed by atoms with Crippen molar-refractivity contribution in [2.24, 2.45) is 5.92 Å². The van der Waals surface area contributed by atoms with Crippen molar-refractivity contribution >= 4 is 11.8 Å². The summed E-state index contributed by atoms with van der Waals surface area (Å²) in [5.41, 5.74) is -4.47. The fraction of sp³-hybridized carbons (Fsp3) is 0.409. The summed E-state index contributed by atoms with van der Waals surface area (Å²) in [5.74, 6) is -4.10. The zero-order valence-corrected chi connectivity index (χ0v) is 18.2. The van der Waals surface area contributed by atoms with Crippen LogP contribution in [0.5, 0.6) is 5.75 Å². The van der Waals surface area contributed by atoms with Gasteiger partial charge in [0.15, 0.2) is 11.4 Å². The number of ether oxygens (including phenoxy) is 1. The Morgan fingerprint density at radius 3 is 2.68 bits per heavy atom. The molecule has 2 aliphatic rings. The Morgan fingerprint density at radius 2 is 2.03 bits per heavy atom. The van der Waals surface area contributed by atoms with Crippen molar-refractivity contribution in [1.29, 1.82) is 0 Å². The fourth-order valence-electron chi connectivity index (χ4n) is 4.54. The number of rotatable bonds is 5. The second kappa shape index (κ2) is 8.12. The first kappa shape index (κ1) is 23.7. The lowest BCUT2D eigenvalue weighted by molar-refractivity contribution is -0.140. The molecule has 0 unspecified atom stereocenters. The maximum atomic E-state index is 14.3. The Balaban J connectivity index is 1.67. The van der Waals surface area contributed by atoms with E-state index in [1.807, 2.05) is 0 Å². The number of likely N-dealkylation sites (N-methyl/N-ethyl adjacent to an activating group) is 1. The summed E-state index contributed by atoms with van der Waals surface area (Å²) >= 11 is 0. The normalized spacial score (nSPS) is 21.5. The van der Waals surface area contributed by atoms with Crippen molar-refractivity contribution in [3.63, 3.8) is 0 Å². The molecule has 34 heavy (non-hydrogen) atoms. The third-order valence-corrected chi connectivity index (χ3v) is 6.36. The van der Waals surface area contributed by atoms with E-state index in [1.54, 1.807) is 0 Å². The average molecular weight is 483 g/mol. The molecule has 2 N–H and O–H groups in total. The largest absolute Gasteiger partial charge is 0.503 e. The molecular formula is C22H21F4N3O5. The predicted molar refractivity (Wildman–Crippen MR) is 110 cm³/mol. The molecule has 182 valence electrons. The standard InChI is InChI=1S/C22H21F4N3O5/c1-28-10-21(6-12(21)9-34-2)29-8-13(17(30)18(31)16(29)20(28)33)19(32)27-7-11-4-3-5-14(15(11)23)22(24,25)26/h3-5,8,12,31H,6-7,9-10H2,1-2H3,(H,27,32)/t12-,21-/m1/s1. The number of carbonyl (C=O) groups excluding carboxylic acids is 2. The number of nitrogens with one attached hydrogen (secondary N) is 1. The number of aromatic nitrogens is 1. The van der Waals surface area contributed by atoms with Gasteiger partial charge in [-0.1, -0.05) is 12.1 Å². The molecule has 8 nitrogen and oxygen atoms in total. The summed E-state index contributed by atoms with van der Waals surface area (Å²) < 4.78 is 59.7. The average Bonchev–Trinajstić information content (AvgIpc) is 3.44.